The normalized spacial score (nSPS) is 9.74. The number of benzene rings is 6. The number of nitrogens with zero attached hydrogens (tertiary/aromatic N) is 6. The summed E-state index contributed by atoms with van der Waals surface area (Å²) in [6.45, 7) is 39.2. The molecule has 0 fully saturated rings. The SMILES string of the molecule is Cc1ccc(C(C)C)cc1.Cc1ccc(C(C)C)cc1.Cc1ccc(C(C)C)cc1.Cc1ccc(C(C)C)cc1.Cc1ccc(C(C)C)cc1.Cc1ccc(C(C)C)cc1.F[Si-2](F)(F)(F)(F)F.O.O.[Na+].[Na+].[O-]c1cccnc1[O-].[O-]c1cccnc1[O-].[O-]c1cccnc1[O-].[O-]c1cccnc1[O-].[O-]c1cccnc1[O-].[O-]c1cccnc1[O-].[Ru+2].[Ru+2].[Ru+2].[Ru+2].[Ru+2].[Ru+2]. The van der Waals surface area contributed by atoms with Crippen LogP contribution in [0.3, 0.4) is 0 Å². The molecule has 4 N–H and O–H groups in total. The van der Waals surface area contributed by atoms with Crippen LogP contribution in [0.25, 0.3) is 0 Å². The minimum absolute atomic E-state index is 0. The van der Waals surface area contributed by atoms with Crippen molar-refractivity contribution in [3.63, 3.8) is 0 Å². The van der Waals surface area contributed by atoms with Crippen molar-refractivity contribution in [3.05, 3.63) is 322 Å². The number of halogens is 6. The van der Waals surface area contributed by atoms with Crippen molar-refractivity contribution >= 4 is 8.63 Å². The Labute approximate surface area is 854 Å². The number of aromatic nitrogens is 6. The van der Waals surface area contributed by atoms with Crippen LogP contribution < -0.4 is 120 Å². The van der Waals surface area contributed by atoms with Crippen LogP contribution in [-0.2, 0) is 117 Å². The molecule has 0 saturated heterocycles. The largest absolute Gasteiger partial charge is 2.00 e. The third kappa shape index (κ3) is 75.9. The first kappa shape index (κ1) is 141. The Morgan fingerprint density at radius 3 is 0.344 bits per heavy atom. The molecule has 12 rings (SSSR count). The maximum absolute atomic E-state index is 10.8. The van der Waals surface area contributed by atoms with Gasteiger partial charge in [-0.15, -0.1) is 0 Å². The van der Waals surface area contributed by atoms with E-state index in [1.807, 2.05) is 0 Å². The Morgan fingerprint density at radius 1 is 0.200 bits per heavy atom. The predicted molar refractivity (Wildman–Crippen MR) is 430 cm³/mol. The predicted octanol–water partition coefficient (Wildman–Crippen LogP) is 8.57. The molecule has 0 radical (unpaired) electrons. The zero-order valence-corrected chi connectivity index (χ0v) is 88.6. The first-order valence-electron chi connectivity index (χ1n) is 36.3. The molecule has 6 aromatic heterocycles. The molecule has 6 aromatic carbocycles. The van der Waals surface area contributed by atoms with Crippen LogP contribution in [0, 0.1) is 41.5 Å². The van der Waals surface area contributed by atoms with Crippen molar-refractivity contribution in [2.45, 2.75) is 160 Å². The van der Waals surface area contributed by atoms with E-state index in [1.54, 1.807) is 0 Å². The van der Waals surface area contributed by atoms with Crippen molar-refractivity contribution in [2.75, 3.05) is 0 Å². The van der Waals surface area contributed by atoms with Gasteiger partial charge in [-0.25, -0.2) is 0 Å². The van der Waals surface area contributed by atoms with Crippen molar-refractivity contribution < 1.29 is 273 Å². The molecule has 0 aliphatic rings. The second-order valence-electron chi connectivity index (χ2n) is 27.3. The van der Waals surface area contributed by atoms with Gasteiger partial charge < -0.3 is 72.2 Å². The molecule has 12 aromatic rings. The van der Waals surface area contributed by atoms with Crippen LogP contribution in [0.4, 0.5) is 24.6 Å². The molecule has 0 aliphatic heterocycles. The van der Waals surface area contributed by atoms with Gasteiger partial charge in [-0.3, -0.25) is 29.9 Å². The molecule has 0 spiro atoms. The van der Waals surface area contributed by atoms with E-state index >= 15 is 0 Å². The summed E-state index contributed by atoms with van der Waals surface area (Å²) in [5, 5.41) is 123. The number of pyridine rings is 6. The summed E-state index contributed by atoms with van der Waals surface area (Å²) in [7, 11) is -10.8. The number of hydrogen-bond donors (Lipinski definition) is 0. The fourth-order valence-corrected chi connectivity index (χ4v) is 7.96. The zero-order valence-electron chi connectivity index (χ0n) is 73.2. The van der Waals surface area contributed by atoms with Crippen molar-refractivity contribution in [1.29, 1.82) is 0 Å². The first-order chi connectivity index (χ1) is 53.5. The van der Waals surface area contributed by atoms with Gasteiger partial charge in [0.25, 0.3) is 0 Å². The van der Waals surface area contributed by atoms with Crippen LogP contribution in [0.1, 0.15) is 185 Å². The Morgan fingerprint density at radius 2 is 0.288 bits per heavy atom. The van der Waals surface area contributed by atoms with Gasteiger partial charge in [-0.1, -0.05) is 333 Å². The molecule has 0 bridgehead atoms. The van der Waals surface area contributed by atoms with Crippen LogP contribution in [0.5, 0.6) is 69.8 Å². The number of aryl methyl sites for hydroxylation is 6. The fraction of sp³-hybridized carbons (Fsp3) is 0.267. The topological polar surface area (TPSA) is 417 Å². The molecule has 0 aliphatic carbocycles. The van der Waals surface area contributed by atoms with E-state index in [1.165, 1.54) is 177 Å². The van der Waals surface area contributed by atoms with Crippen LogP contribution in [0.2, 0.25) is 0 Å². The molecule has 0 amide bonds. The molecule has 20 nitrogen and oxygen atoms in total. The molecular weight excluding hydrogens is 2180 g/mol. The van der Waals surface area contributed by atoms with Gasteiger partial charge in [-0.2, -0.15) is 0 Å². The quantitative estimate of drug-likeness (QED) is 0.0854. The molecule has 35 heteroatoms. The molecule has 125 heavy (non-hydrogen) atoms. The molecule has 6 heterocycles. The third-order valence-corrected chi connectivity index (χ3v) is 14.9. The van der Waals surface area contributed by atoms with E-state index < -0.39 is 78.4 Å². The molecule has 0 unspecified atom stereocenters. The van der Waals surface area contributed by atoms with Crippen LogP contribution in [-0.4, -0.2) is 49.5 Å². The van der Waals surface area contributed by atoms with Gasteiger partial charge in [-0.05, 0) is 182 Å². The van der Waals surface area contributed by atoms with Crippen LogP contribution in [0.15, 0.2) is 256 Å². The Balaban J connectivity index is -0.000000124. The number of rotatable bonds is 6. The summed E-state index contributed by atoms with van der Waals surface area (Å²) in [5.74, 6) is -3.50. The van der Waals surface area contributed by atoms with E-state index in [0.717, 1.165) is 0 Å². The Bertz CT molecular complexity index is 3790. The summed E-state index contributed by atoms with van der Waals surface area (Å²) < 4.78 is 59.3. The molecular formula is C90H106F6N6Na2O14Ru6Si. The summed E-state index contributed by atoms with van der Waals surface area (Å²) in [6, 6.07) is 68.0. The second-order valence-corrected chi connectivity index (χ2v) is 29.4. The molecule has 0 atom stereocenters. The average Bonchev–Trinajstić information content (AvgIpc) is 0.789. The van der Waals surface area contributed by atoms with E-state index in [4.69, 9.17) is 0 Å². The summed E-state index contributed by atoms with van der Waals surface area (Å²) in [6.07, 6.45) is 7.77. The van der Waals surface area contributed by atoms with Crippen LogP contribution >= 0.6 is 0 Å². The van der Waals surface area contributed by atoms with Gasteiger partial charge in [0.1, 0.15) is 0 Å². The first-order valence-corrected chi connectivity index (χ1v) is 38.6. The van der Waals surface area contributed by atoms with E-state index in [0.29, 0.717) is 35.5 Å². The summed E-state index contributed by atoms with van der Waals surface area (Å²) >= 11 is 0. The van der Waals surface area contributed by atoms with Gasteiger partial charge in [0.05, 0.1) is 0 Å². The van der Waals surface area contributed by atoms with Crippen molar-refractivity contribution in [3.8, 4) is 69.8 Å². The van der Waals surface area contributed by atoms with E-state index in [-0.39, 0.29) is 187 Å². The van der Waals surface area contributed by atoms with Gasteiger partial charge in [0.15, 0.2) is 0 Å². The monoisotopic (exact) mass is 2290 g/mol. The Kier molecular flexibility index (Phi) is 83.8. The van der Waals surface area contributed by atoms with Gasteiger partial charge in [0, 0.05) is 37.2 Å². The van der Waals surface area contributed by atoms with Crippen molar-refractivity contribution in [1.82, 2.24) is 29.9 Å². The minimum atomic E-state index is -10.8. The van der Waals surface area contributed by atoms with E-state index in [9.17, 15) is 85.9 Å². The zero-order chi connectivity index (χ0) is 87.7. The average molecular weight is 2290 g/mol. The Hall–Kier alpha value is -6.72. The summed E-state index contributed by atoms with van der Waals surface area (Å²) in [4.78, 5) is 19.3. The van der Waals surface area contributed by atoms with E-state index in [2.05, 4.69) is 300 Å². The molecule has 676 valence electrons. The number of hydrogen-bond acceptors (Lipinski definition) is 18. The maximum atomic E-state index is 10.2. The third-order valence-electron chi connectivity index (χ3n) is 14.9. The fourth-order valence-electron chi connectivity index (χ4n) is 7.96. The minimum Gasteiger partial charge on any atom is -0.872 e. The van der Waals surface area contributed by atoms with Gasteiger partial charge in [0.2, 0.25) is 0 Å². The molecule has 0 saturated carbocycles. The summed E-state index contributed by atoms with van der Waals surface area (Å²) in [5.41, 5.74) is 16.6. The maximum Gasteiger partial charge on any atom is 2.00 e. The van der Waals surface area contributed by atoms with Crippen molar-refractivity contribution in [2.24, 2.45) is 0 Å². The second kappa shape index (κ2) is 74.1. The standard InChI is InChI=1S/6C10H14.6C5H5NO2.F6Si.2Na.2H2O.6Ru/c6*1-8(2)10-6-4-9(3)5-7-10;6*7-4-2-1-3-6-5(4)8;1-7(2,3,4,5)6;;;;;;;;;;/h6*4-8H,1-3H3;6*1-3,7H,(H,6,8);;;;2*1H2;;;;;;/q;;;;;;;;;;;;-2;2*+1;;;6*+2/p-12. The van der Waals surface area contributed by atoms with Gasteiger partial charge >= 0.3 is 209 Å². The smallest absolute Gasteiger partial charge is 0.872 e.